The van der Waals surface area contributed by atoms with Crippen LogP contribution >= 0.6 is 11.3 Å². The zero-order valence-electron chi connectivity index (χ0n) is 20.6. The lowest BCUT2D eigenvalue weighted by Crippen LogP contribution is -2.47. The maximum Gasteiger partial charge on any atom is 0.452 e. The van der Waals surface area contributed by atoms with E-state index in [-0.39, 0.29) is 32.6 Å². The molecule has 13 heteroatoms. The molecule has 2 atom stereocenters. The second kappa shape index (κ2) is 10.4. The Hall–Kier alpha value is -2.74. The molecular weight excluding hydrogens is 541 g/mol. The SMILES string of the molecule is CN1CCN(C(=O)CCc2ccc([C@H]3C[C@@H]3NS(=O)(=O)c3ccc(-c4cc(C(F)(F)F)on4)s3)cc2)CC1. The number of thiophene rings is 1. The number of hydrogen-bond acceptors (Lipinski definition) is 7. The van der Waals surface area contributed by atoms with Crippen molar-refractivity contribution < 1.29 is 30.9 Å². The van der Waals surface area contributed by atoms with Gasteiger partial charge in [0, 0.05) is 50.6 Å². The number of sulfonamides is 1. The van der Waals surface area contributed by atoms with Gasteiger partial charge in [0.1, 0.15) is 9.90 Å². The van der Waals surface area contributed by atoms with E-state index in [0.29, 0.717) is 19.3 Å². The highest BCUT2D eigenvalue weighted by Crippen LogP contribution is 2.42. The third-order valence-corrected chi connectivity index (χ3v) is 9.97. The predicted octanol–water partition coefficient (Wildman–Crippen LogP) is 3.96. The van der Waals surface area contributed by atoms with Gasteiger partial charge in [-0.2, -0.15) is 13.2 Å². The summed E-state index contributed by atoms with van der Waals surface area (Å²) in [5.41, 5.74) is 2.00. The number of hydrogen-bond donors (Lipinski definition) is 1. The molecule has 1 aliphatic carbocycles. The lowest BCUT2D eigenvalue weighted by molar-refractivity contribution is -0.155. The van der Waals surface area contributed by atoms with E-state index in [1.165, 1.54) is 12.1 Å². The molecule has 0 unspecified atom stereocenters. The van der Waals surface area contributed by atoms with Crippen LogP contribution in [0.15, 0.2) is 51.2 Å². The molecule has 1 N–H and O–H groups in total. The number of benzene rings is 1. The molecule has 5 rings (SSSR count). The summed E-state index contributed by atoms with van der Waals surface area (Å²) in [5.74, 6) is -1.04. The van der Waals surface area contributed by atoms with Crippen LogP contribution in [0.2, 0.25) is 0 Å². The highest BCUT2D eigenvalue weighted by molar-refractivity contribution is 7.91. The summed E-state index contributed by atoms with van der Waals surface area (Å²) in [6.45, 7) is 3.31. The number of amides is 1. The van der Waals surface area contributed by atoms with Crippen molar-refractivity contribution in [1.82, 2.24) is 19.7 Å². The van der Waals surface area contributed by atoms with Crippen LogP contribution in [0.1, 0.15) is 35.6 Å². The van der Waals surface area contributed by atoms with E-state index in [1.54, 1.807) is 0 Å². The maximum absolute atomic E-state index is 12.9. The Morgan fingerprint density at radius 3 is 2.50 bits per heavy atom. The standard InChI is InChI=1S/C25H27F3N4O4S2/c1-31-10-12-32(13-11-31)23(33)8-4-16-2-5-17(6-3-16)18-14-19(18)30-38(34,35)24-9-7-21(37-24)20-15-22(36-29-20)25(26,27)28/h2-3,5-7,9,15,18-19,30H,4,8,10-14H2,1H3/t18-,19+/m1/s1. The van der Waals surface area contributed by atoms with Crippen LogP contribution in [-0.2, 0) is 27.4 Å². The first-order chi connectivity index (χ1) is 18.0. The molecule has 2 aliphatic rings. The molecule has 38 heavy (non-hydrogen) atoms. The molecule has 3 aromatic rings. The fourth-order valence-electron chi connectivity index (χ4n) is 4.47. The molecule has 2 aromatic heterocycles. The van der Waals surface area contributed by atoms with E-state index >= 15 is 0 Å². The number of nitrogens with zero attached hydrogens (tertiary/aromatic N) is 3. The van der Waals surface area contributed by atoms with Crippen molar-refractivity contribution >= 4 is 27.3 Å². The number of nitrogens with one attached hydrogen (secondary N) is 1. The summed E-state index contributed by atoms with van der Waals surface area (Å²) >= 11 is 0.830. The van der Waals surface area contributed by atoms with Gasteiger partial charge in [0.05, 0.1) is 4.88 Å². The molecule has 1 saturated heterocycles. The fourth-order valence-corrected chi connectivity index (χ4v) is 7.04. The summed E-state index contributed by atoms with van der Waals surface area (Å²) in [7, 11) is -1.79. The number of alkyl halides is 3. The van der Waals surface area contributed by atoms with Gasteiger partial charge >= 0.3 is 6.18 Å². The Labute approximate surface area is 222 Å². The van der Waals surface area contributed by atoms with E-state index < -0.39 is 22.0 Å². The number of aryl methyl sites for hydroxylation is 1. The molecule has 1 amide bonds. The number of halogens is 3. The van der Waals surface area contributed by atoms with Crippen molar-refractivity contribution in [2.24, 2.45) is 0 Å². The van der Waals surface area contributed by atoms with Crippen molar-refractivity contribution in [2.45, 2.75) is 41.6 Å². The van der Waals surface area contributed by atoms with Crippen LogP contribution < -0.4 is 4.72 Å². The Balaban J connectivity index is 1.14. The summed E-state index contributed by atoms with van der Waals surface area (Å²) in [6.07, 6.45) is -2.90. The lowest BCUT2D eigenvalue weighted by atomic mass is 10.0. The van der Waals surface area contributed by atoms with Crippen molar-refractivity contribution in [2.75, 3.05) is 33.2 Å². The second-order valence-electron chi connectivity index (χ2n) is 9.69. The highest BCUT2D eigenvalue weighted by Gasteiger charge is 2.42. The number of likely N-dealkylation sites (N-methyl/N-ethyl adjacent to an activating group) is 1. The topological polar surface area (TPSA) is 95.8 Å². The van der Waals surface area contributed by atoms with Crippen LogP contribution in [-0.4, -0.2) is 68.5 Å². The van der Waals surface area contributed by atoms with Crippen molar-refractivity contribution in [3.8, 4) is 10.6 Å². The summed E-state index contributed by atoms with van der Waals surface area (Å²) in [4.78, 5) is 16.9. The Morgan fingerprint density at radius 1 is 1.13 bits per heavy atom. The minimum absolute atomic E-state index is 0.00456. The van der Waals surface area contributed by atoms with Gasteiger partial charge < -0.3 is 14.3 Å². The van der Waals surface area contributed by atoms with E-state index in [4.69, 9.17) is 0 Å². The van der Waals surface area contributed by atoms with Crippen LogP contribution in [0.5, 0.6) is 0 Å². The molecule has 1 aliphatic heterocycles. The first-order valence-corrected chi connectivity index (χ1v) is 14.5. The average molecular weight is 569 g/mol. The molecule has 204 valence electrons. The van der Waals surface area contributed by atoms with Gasteiger partial charge in [0.15, 0.2) is 0 Å². The Kier molecular flexibility index (Phi) is 7.37. The lowest BCUT2D eigenvalue weighted by Gasteiger charge is -2.32. The third-order valence-electron chi connectivity index (χ3n) is 6.88. The summed E-state index contributed by atoms with van der Waals surface area (Å²) in [5, 5.41) is 3.41. The maximum atomic E-state index is 12.9. The van der Waals surface area contributed by atoms with Gasteiger partial charge in [-0.15, -0.1) is 11.3 Å². The van der Waals surface area contributed by atoms with Crippen molar-refractivity contribution in [3.63, 3.8) is 0 Å². The predicted molar refractivity (Wildman–Crippen MR) is 135 cm³/mol. The van der Waals surface area contributed by atoms with Crippen LogP contribution in [0.3, 0.4) is 0 Å². The highest BCUT2D eigenvalue weighted by atomic mass is 32.2. The molecule has 0 bridgehead atoms. The first kappa shape index (κ1) is 26.9. The van der Waals surface area contributed by atoms with E-state index in [2.05, 4.69) is 26.3 Å². The minimum atomic E-state index is -4.67. The fraction of sp³-hybridized carbons (Fsp3) is 0.440. The molecule has 3 heterocycles. The molecule has 1 saturated carbocycles. The van der Waals surface area contributed by atoms with Crippen LogP contribution in [0, 0.1) is 0 Å². The quantitative estimate of drug-likeness (QED) is 0.442. The van der Waals surface area contributed by atoms with Gasteiger partial charge in [0.25, 0.3) is 0 Å². The van der Waals surface area contributed by atoms with Gasteiger partial charge in [-0.25, -0.2) is 13.1 Å². The molecule has 1 aromatic carbocycles. The molecule has 2 fully saturated rings. The molecule has 0 radical (unpaired) electrons. The number of carbonyl (C=O) groups is 1. The zero-order valence-corrected chi connectivity index (χ0v) is 22.2. The third kappa shape index (κ3) is 6.11. The van der Waals surface area contributed by atoms with Gasteiger partial charge in [-0.05, 0) is 43.1 Å². The van der Waals surface area contributed by atoms with Crippen molar-refractivity contribution in [3.05, 3.63) is 59.4 Å². The number of aromatic nitrogens is 1. The average Bonchev–Trinajstić information content (AvgIpc) is 3.26. The van der Waals surface area contributed by atoms with Gasteiger partial charge in [0.2, 0.25) is 21.7 Å². The first-order valence-electron chi connectivity index (χ1n) is 12.2. The monoisotopic (exact) mass is 568 g/mol. The molecule has 8 nitrogen and oxygen atoms in total. The Morgan fingerprint density at radius 2 is 1.84 bits per heavy atom. The Bertz CT molecular complexity index is 1390. The normalized spacial score (nSPS) is 20.6. The summed E-state index contributed by atoms with van der Waals surface area (Å²) in [6, 6.07) is 11.2. The number of carbonyl (C=O) groups excluding carboxylic acids is 1. The zero-order chi connectivity index (χ0) is 27.1. The number of piperazine rings is 1. The van der Waals surface area contributed by atoms with E-state index in [1.807, 2.05) is 29.2 Å². The molecular formula is C25H27F3N4O4S2. The van der Waals surface area contributed by atoms with Crippen molar-refractivity contribution in [1.29, 1.82) is 0 Å². The largest absolute Gasteiger partial charge is 0.452 e. The second-order valence-corrected chi connectivity index (χ2v) is 12.7. The smallest absolute Gasteiger partial charge is 0.351 e. The van der Waals surface area contributed by atoms with Crippen LogP contribution in [0.4, 0.5) is 13.2 Å². The minimum Gasteiger partial charge on any atom is -0.351 e. The number of rotatable bonds is 8. The van der Waals surface area contributed by atoms with E-state index in [0.717, 1.165) is 54.7 Å². The molecule has 0 spiro atoms. The van der Waals surface area contributed by atoms with Gasteiger partial charge in [-0.3, -0.25) is 4.79 Å². The summed E-state index contributed by atoms with van der Waals surface area (Å²) < 4.78 is 71.0. The van der Waals surface area contributed by atoms with Gasteiger partial charge in [-0.1, -0.05) is 29.4 Å². The van der Waals surface area contributed by atoms with Crippen LogP contribution in [0.25, 0.3) is 10.6 Å². The van der Waals surface area contributed by atoms with E-state index in [9.17, 15) is 26.4 Å².